The van der Waals surface area contributed by atoms with Crippen LogP contribution in [0.25, 0.3) is 16.6 Å². The van der Waals surface area contributed by atoms with Crippen LogP contribution in [0.1, 0.15) is 18.1 Å². The minimum atomic E-state index is -0.534. The molecule has 0 aliphatic carbocycles. The molecular formula is C27H27N3O4S. The van der Waals surface area contributed by atoms with Crippen molar-refractivity contribution in [3.05, 3.63) is 82.1 Å². The Labute approximate surface area is 208 Å². The summed E-state index contributed by atoms with van der Waals surface area (Å²) in [7, 11) is 3.10. The fourth-order valence-electron chi connectivity index (χ4n) is 3.87. The minimum Gasteiger partial charge on any atom is -0.493 e. The average Bonchev–Trinajstić information content (AvgIpc) is 2.83. The zero-order valence-electron chi connectivity index (χ0n) is 20.3. The van der Waals surface area contributed by atoms with Gasteiger partial charge in [-0.2, -0.15) is 0 Å². The highest BCUT2D eigenvalue weighted by atomic mass is 32.2. The SMILES string of the molecule is COc1ccc(NC(=O)C(C)Sc2nc3ccccc3c(=O)n2-c2cc(C)cc(C)c2)cc1OC. The third kappa shape index (κ3) is 5.17. The lowest BCUT2D eigenvalue weighted by atomic mass is 10.1. The number of aryl methyl sites for hydroxylation is 2. The summed E-state index contributed by atoms with van der Waals surface area (Å²) in [6.45, 7) is 5.76. The van der Waals surface area contributed by atoms with Crippen molar-refractivity contribution in [1.29, 1.82) is 0 Å². The molecule has 1 amide bonds. The predicted octanol–water partition coefficient (Wildman–Crippen LogP) is 5.14. The maximum Gasteiger partial charge on any atom is 0.266 e. The van der Waals surface area contributed by atoms with Crippen LogP contribution in [0.2, 0.25) is 0 Å². The quantitative estimate of drug-likeness (QED) is 0.286. The van der Waals surface area contributed by atoms with E-state index in [1.165, 1.54) is 11.8 Å². The summed E-state index contributed by atoms with van der Waals surface area (Å²) in [5, 5.41) is 3.35. The number of para-hydroxylation sites is 1. The van der Waals surface area contributed by atoms with Crippen molar-refractivity contribution in [2.45, 2.75) is 31.2 Å². The Morgan fingerprint density at radius 2 is 1.66 bits per heavy atom. The Morgan fingerprint density at radius 3 is 2.34 bits per heavy atom. The van der Waals surface area contributed by atoms with Gasteiger partial charge in [0.2, 0.25) is 5.91 Å². The van der Waals surface area contributed by atoms with Crippen LogP contribution in [-0.2, 0) is 4.79 Å². The largest absolute Gasteiger partial charge is 0.493 e. The van der Waals surface area contributed by atoms with Gasteiger partial charge in [0.15, 0.2) is 16.7 Å². The van der Waals surface area contributed by atoms with Crippen molar-refractivity contribution in [3.63, 3.8) is 0 Å². The van der Waals surface area contributed by atoms with E-state index < -0.39 is 5.25 Å². The van der Waals surface area contributed by atoms with E-state index in [0.717, 1.165) is 16.8 Å². The lowest BCUT2D eigenvalue weighted by molar-refractivity contribution is -0.115. The van der Waals surface area contributed by atoms with Gasteiger partial charge in [-0.1, -0.05) is 30.0 Å². The first kappa shape index (κ1) is 24.3. The molecule has 4 aromatic rings. The topological polar surface area (TPSA) is 82.5 Å². The lowest BCUT2D eigenvalue weighted by Crippen LogP contribution is -2.26. The number of benzene rings is 3. The highest BCUT2D eigenvalue weighted by Crippen LogP contribution is 2.31. The van der Waals surface area contributed by atoms with Crippen molar-refractivity contribution in [3.8, 4) is 17.2 Å². The summed E-state index contributed by atoms with van der Waals surface area (Å²) >= 11 is 1.23. The van der Waals surface area contributed by atoms with E-state index in [1.54, 1.807) is 56.0 Å². The monoisotopic (exact) mass is 489 g/mol. The van der Waals surface area contributed by atoms with Crippen LogP contribution in [-0.4, -0.2) is 34.9 Å². The molecule has 1 atom stereocenters. The van der Waals surface area contributed by atoms with Gasteiger partial charge in [0.1, 0.15) is 0 Å². The van der Waals surface area contributed by atoms with E-state index in [4.69, 9.17) is 14.5 Å². The van der Waals surface area contributed by atoms with Gasteiger partial charge in [0.05, 0.1) is 36.1 Å². The van der Waals surface area contributed by atoms with Crippen LogP contribution in [0.5, 0.6) is 11.5 Å². The summed E-state index contributed by atoms with van der Waals surface area (Å²) in [6.07, 6.45) is 0. The van der Waals surface area contributed by atoms with Crippen LogP contribution in [0.15, 0.2) is 70.6 Å². The maximum absolute atomic E-state index is 13.5. The van der Waals surface area contributed by atoms with Gasteiger partial charge in [0, 0.05) is 11.8 Å². The fourth-order valence-corrected chi connectivity index (χ4v) is 4.80. The number of hydrogen-bond acceptors (Lipinski definition) is 6. The second-order valence-electron chi connectivity index (χ2n) is 8.22. The summed E-state index contributed by atoms with van der Waals surface area (Å²) < 4.78 is 12.2. The maximum atomic E-state index is 13.5. The van der Waals surface area contributed by atoms with Crippen molar-refractivity contribution >= 4 is 34.3 Å². The summed E-state index contributed by atoms with van der Waals surface area (Å²) in [4.78, 5) is 31.3. The molecule has 0 saturated heterocycles. The van der Waals surface area contributed by atoms with E-state index >= 15 is 0 Å². The zero-order chi connectivity index (χ0) is 25.1. The number of anilines is 1. The molecule has 0 radical (unpaired) electrons. The second kappa shape index (κ2) is 10.2. The minimum absolute atomic E-state index is 0.171. The molecule has 0 aliphatic rings. The summed E-state index contributed by atoms with van der Waals surface area (Å²) in [6, 6.07) is 18.4. The van der Waals surface area contributed by atoms with Crippen molar-refractivity contribution in [2.24, 2.45) is 0 Å². The predicted molar refractivity (Wildman–Crippen MR) is 140 cm³/mol. The fraction of sp³-hybridized carbons (Fsp3) is 0.222. The number of rotatable bonds is 7. The summed E-state index contributed by atoms with van der Waals surface area (Å²) in [5.41, 5.74) is 3.80. The molecule has 0 aliphatic heterocycles. The van der Waals surface area contributed by atoms with Crippen LogP contribution in [0.3, 0.4) is 0 Å². The molecule has 7 nitrogen and oxygen atoms in total. The van der Waals surface area contributed by atoms with Crippen LogP contribution < -0.4 is 20.3 Å². The van der Waals surface area contributed by atoms with E-state index in [2.05, 4.69) is 11.4 Å². The van der Waals surface area contributed by atoms with Gasteiger partial charge >= 0.3 is 0 Å². The summed E-state index contributed by atoms with van der Waals surface area (Å²) in [5.74, 6) is 0.868. The first-order valence-electron chi connectivity index (χ1n) is 11.1. The Morgan fingerprint density at radius 1 is 0.971 bits per heavy atom. The number of aromatic nitrogens is 2. The van der Waals surface area contributed by atoms with Crippen molar-refractivity contribution < 1.29 is 14.3 Å². The third-order valence-corrected chi connectivity index (χ3v) is 6.56. The molecule has 1 unspecified atom stereocenters. The Hall–Kier alpha value is -3.78. The molecule has 1 heterocycles. The Balaban J connectivity index is 1.70. The lowest BCUT2D eigenvalue weighted by Gasteiger charge is -2.17. The van der Waals surface area contributed by atoms with Crippen LogP contribution >= 0.6 is 11.8 Å². The number of carbonyl (C=O) groups excluding carboxylic acids is 1. The molecule has 0 spiro atoms. The van der Waals surface area contributed by atoms with Gasteiger partial charge in [-0.05, 0) is 68.3 Å². The van der Waals surface area contributed by atoms with E-state index in [0.29, 0.717) is 33.2 Å². The Kier molecular flexibility index (Phi) is 7.12. The average molecular weight is 490 g/mol. The molecule has 1 aromatic heterocycles. The van der Waals surface area contributed by atoms with E-state index in [-0.39, 0.29) is 11.5 Å². The molecule has 4 rings (SSSR count). The number of nitrogens with one attached hydrogen (secondary N) is 1. The highest BCUT2D eigenvalue weighted by Gasteiger charge is 2.21. The number of carbonyl (C=O) groups is 1. The molecule has 35 heavy (non-hydrogen) atoms. The third-order valence-electron chi connectivity index (χ3n) is 5.51. The molecule has 8 heteroatoms. The number of thioether (sulfide) groups is 1. The molecule has 1 N–H and O–H groups in total. The molecule has 0 bridgehead atoms. The first-order chi connectivity index (χ1) is 16.8. The van der Waals surface area contributed by atoms with Gasteiger partial charge in [-0.3, -0.25) is 14.2 Å². The van der Waals surface area contributed by atoms with Crippen molar-refractivity contribution in [2.75, 3.05) is 19.5 Å². The van der Waals surface area contributed by atoms with Gasteiger partial charge in [0.25, 0.3) is 5.56 Å². The smallest absolute Gasteiger partial charge is 0.266 e. The Bertz CT molecular complexity index is 1440. The second-order valence-corrected chi connectivity index (χ2v) is 9.53. The number of nitrogens with zero attached hydrogens (tertiary/aromatic N) is 2. The molecule has 0 saturated carbocycles. The zero-order valence-corrected chi connectivity index (χ0v) is 21.1. The number of hydrogen-bond donors (Lipinski definition) is 1. The standard InChI is InChI=1S/C27H27N3O4S/c1-16-12-17(2)14-20(13-16)30-26(32)21-8-6-7-9-22(21)29-27(30)35-18(3)25(31)28-19-10-11-23(33-4)24(15-19)34-5/h6-15,18H,1-5H3,(H,28,31). The van der Waals surface area contributed by atoms with Gasteiger partial charge in [-0.15, -0.1) is 0 Å². The first-order valence-corrected chi connectivity index (χ1v) is 12.0. The number of methoxy groups -OCH3 is 2. The van der Waals surface area contributed by atoms with Gasteiger partial charge in [-0.25, -0.2) is 4.98 Å². The number of fused-ring (bicyclic) bond motifs is 1. The van der Waals surface area contributed by atoms with E-state index in [9.17, 15) is 9.59 Å². The van der Waals surface area contributed by atoms with Crippen LogP contribution in [0.4, 0.5) is 5.69 Å². The molecule has 0 fully saturated rings. The number of ether oxygens (including phenoxy) is 2. The molecule has 180 valence electrons. The van der Waals surface area contributed by atoms with Crippen molar-refractivity contribution in [1.82, 2.24) is 9.55 Å². The van der Waals surface area contributed by atoms with E-state index in [1.807, 2.05) is 38.1 Å². The number of amides is 1. The highest BCUT2D eigenvalue weighted by molar-refractivity contribution is 8.00. The van der Waals surface area contributed by atoms with Crippen LogP contribution in [0, 0.1) is 13.8 Å². The van der Waals surface area contributed by atoms with Gasteiger partial charge < -0.3 is 14.8 Å². The molecular weight excluding hydrogens is 462 g/mol. The normalized spacial score (nSPS) is 11.8. The molecule has 3 aromatic carbocycles.